The van der Waals surface area contributed by atoms with Gasteiger partial charge in [0.15, 0.2) is 0 Å². The van der Waals surface area contributed by atoms with E-state index in [4.69, 9.17) is 5.73 Å². The van der Waals surface area contributed by atoms with Crippen LogP contribution in [0.5, 0.6) is 0 Å². The highest BCUT2D eigenvalue weighted by atomic mass is 16.1. The molecule has 0 atom stereocenters. The second kappa shape index (κ2) is 13.1. The maximum absolute atomic E-state index is 12.0. The molecule has 3 N–H and O–H groups in total. The van der Waals surface area contributed by atoms with Crippen molar-refractivity contribution in [3.8, 4) is 0 Å². The summed E-state index contributed by atoms with van der Waals surface area (Å²) in [6.07, 6.45) is 13.1. The molecule has 0 aliphatic heterocycles. The number of hydrogen-bond donors (Lipinski definition) is 2. The highest BCUT2D eigenvalue weighted by molar-refractivity contribution is 5.94. The molecular formula is C20H34N2O. The molecule has 0 bridgehead atoms. The maximum Gasteiger partial charge on any atom is 0.251 e. The third-order valence-electron chi connectivity index (χ3n) is 4.24. The second-order valence-electron chi connectivity index (χ2n) is 6.34. The first-order valence-electron chi connectivity index (χ1n) is 9.35. The Bertz CT molecular complexity index is 431. The van der Waals surface area contributed by atoms with E-state index in [0.717, 1.165) is 18.5 Å². The lowest BCUT2D eigenvalue weighted by Crippen LogP contribution is -2.24. The van der Waals surface area contributed by atoms with E-state index < -0.39 is 0 Å². The summed E-state index contributed by atoms with van der Waals surface area (Å²) in [6.45, 7) is 3.50. The third kappa shape index (κ3) is 9.39. The van der Waals surface area contributed by atoms with Crippen LogP contribution in [0.2, 0.25) is 0 Å². The van der Waals surface area contributed by atoms with Crippen molar-refractivity contribution in [3.63, 3.8) is 0 Å². The number of rotatable bonds is 13. The normalized spacial score (nSPS) is 10.7. The van der Waals surface area contributed by atoms with Gasteiger partial charge in [0.25, 0.3) is 5.91 Å². The Kier molecular flexibility index (Phi) is 11.2. The van der Waals surface area contributed by atoms with E-state index in [0.29, 0.717) is 12.1 Å². The van der Waals surface area contributed by atoms with E-state index in [2.05, 4.69) is 12.2 Å². The summed E-state index contributed by atoms with van der Waals surface area (Å²) in [4.78, 5) is 12.0. The SMILES string of the molecule is CCCCCCCCCCCCNC(=O)c1cccc(CN)c1. The van der Waals surface area contributed by atoms with Gasteiger partial charge in [-0.15, -0.1) is 0 Å². The number of nitrogens with one attached hydrogen (secondary N) is 1. The van der Waals surface area contributed by atoms with Crippen LogP contribution < -0.4 is 11.1 Å². The van der Waals surface area contributed by atoms with Crippen molar-refractivity contribution in [1.82, 2.24) is 5.32 Å². The molecule has 3 nitrogen and oxygen atoms in total. The summed E-state index contributed by atoms with van der Waals surface area (Å²) >= 11 is 0. The average molecular weight is 319 g/mol. The van der Waals surface area contributed by atoms with Crippen LogP contribution in [0.3, 0.4) is 0 Å². The highest BCUT2D eigenvalue weighted by Gasteiger charge is 2.04. The molecule has 0 heterocycles. The summed E-state index contributed by atoms with van der Waals surface area (Å²) in [5.41, 5.74) is 7.31. The van der Waals surface area contributed by atoms with E-state index in [1.54, 1.807) is 0 Å². The minimum Gasteiger partial charge on any atom is -0.352 e. The van der Waals surface area contributed by atoms with E-state index in [1.807, 2.05) is 24.3 Å². The molecule has 1 rings (SSSR count). The zero-order valence-corrected chi connectivity index (χ0v) is 14.8. The zero-order valence-electron chi connectivity index (χ0n) is 14.8. The molecule has 1 amide bonds. The standard InChI is InChI=1S/C20H34N2O/c1-2-3-4-5-6-7-8-9-10-11-15-22-20(23)19-14-12-13-18(16-19)17-21/h12-14,16H,2-11,15,17,21H2,1H3,(H,22,23). The Morgan fingerprint density at radius 3 is 2.17 bits per heavy atom. The molecule has 0 unspecified atom stereocenters. The van der Waals surface area contributed by atoms with Gasteiger partial charge < -0.3 is 11.1 Å². The molecule has 0 aromatic heterocycles. The molecule has 0 fully saturated rings. The quantitative estimate of drug-likeness (QED) is 0.513. The summed E-state index contributed by atoms with van der Waals surface area (Å²) in [5, 5.41) is 3.00. The van der Waals surface area contributed by atoms with Crippen LogP contribution in [-0.4, -0.2) is 12.5 Å². The van der Waals surface area contributed by atoms with Gasteiger partial charge in [-0.05, 0) is 24.1 Å². The van der Waals surface area contributed by atoms with Crippen molar-refractivity contribution < 1.29 is 4.79 Å². The van der Waals surface area contributed by atoms with Gasteiger partial charge in [0.05, 0.1) is 0 Å². The lowest BCUT2D eigenvalue weighted by atomic mass is 10.1. The van der Waals surface area contributed by atoms with Crippen molar-refractivity contribution >= 4 is 5.91 Å². The highest BCUT2D eigenvalue weighted by Crippen LogP contribution is 2.10. The molecule has 0 aliphatic rings. The second-order valence-corrected chi connectivity index (χ2v) is 6.34. The predicted molar refractivity (Wildman–Crippen MR) is 98.5 cm³/mol. The Labute approximate surface area is 142 Å². The molecule has 0 saturated carbocycles. The van der Waals surface area contributed by atoms with Crippen LogP contribution in [0.25, 0.3) is 0 Å². The lowest BCUT2D eigenvalue weighted by molar-refractivity contribution is 0.0953. The van der Waals surface area contributed by atoms with Gasteiger partial charge >= 0.3 is 0 Å². The van der Waals surface area contributed by atoms with Gasteiger partial charge in [-0.2, -0.15) is 0 Å². The number of unbranched alkanes of at least 4 members (excludes halogenated alkanes) is 9. The maximum atomic E-state index is 12.0. The first-order valence-corrected chi connectivity index (χ1v) is 9.35. The summed E-state index contributed by atoms with van der Waals surface area (Å²) < 4.78 is 0. The summed E-state index contributed by atoms with van der Waals surface area (Å²) in [5.74, 6) is 0.0104. The molecule has 130 valence electrons. The lowest BCUT2D eigenvalue weighted by Gasteiger charge is -2.06. The molecule has 0 saturated heterocycles. The molecular weight excluding hydrogens is 284 g/mol. The van der Waals surface area contributed by atoms with Gasteiger partial charge in [-0.3, -0.25) is 4.79 Å². The molecule has 1 aromatic carbocycles. The number of carbonyl (C=O) groups is 1. The smallest absolute Gasteiger partial charge is 0.251 e. The first-order chi connectivity index (χ1) is 11.3. The van der Waals surface area contributed by atoms with Crippen molar-refractivity contribution in [2.45, 2.75) is 77.7 Å². The van der Waals surface area contributed by atoms with Gasteiger partial charge in [0.1, 0.15) is 0 Å². The first kappa shape index (κ1) is 19.7. The Balaban J connectivity index is 1.99. The van der Waals surface area contributed by atoms with E-state index in [9.17, 15) is 4.79 Å². The van der Waals surface area contributed by atoms with Crippen molar-refractivity contribution in [2.75, 3.05) is 6.54 Å². The molecule has 1 aromatic rings. The molecule has 0 aliphatic carbocycles. The molecule has 0 radical (unpaired) electrons. The largest absolute Gasteiger partial charge is 0.352 e. The average Bonchev–Trinajstić information content (AvgIpc) is 2.59. The van der Waals surface area contributed by atoms with Crippen LogP contribution >= 0.6 is 0 Å². The fourth-order valence-corrected chi connectivity index (χ4v) is 2.76. The summed E-state index contributed by atoms with van der Waals surface area (Å²) in [6, 6.07) is 7.54. The minimum atomic E-state index is 0.0104. The number of benzene rings is 1. The monoisotopic (exact) mass is 318 g/mol. The predicted octanol–water partition coefficient (Wildman–Crippen LogP) is 4.80. The van der Waals surface area contributed by atoms with Crippen LogP contribution in [0.4, 0.5) is 0 Å². The van der Waals surface area contributed by atoms with Crippen LogP contribution in [0.1, 0.15) is 87.1 Å². The van der Waals surface area contributed by atoms with Gasteiger partial charge in [0.2, 0.25) is 0 Å². The fraction of sp³-hybridized carbons (Fsp3) is 0.650. The molecule has 3 heteroatoms. The Hall–Kier alpha value is -1.35. The van der Waals surface area contributed by atoms with Gasteiger partial charge in [-0.25, -0.2) is 0 Å². The Morgan fingerprint density at radius 1 is 0.957 bits per heavy atom. The number of hydrogen-bond acceptors (Lipinski definition) is 2. The van der Waals surface area contributed by atoms with E-state index in [-0.39, 0.29) is 5.91 Å². The van der Waals surface area contributed by atoms with E-state index in [1.165, 1.54) is 57.8 Å². The number of amides is 1. The molecule has 0 spiro atoms. The minimum absolute atomic E-state index is 0.0104. The fourth-order valence-electron chi connectivity index (χ4n) is 2.76. The van der Waals surface area contributed by atoms with Crippen molar-refractivity contribution in [2.24, 2.45) is 5.73 Å². The number of carbonyl (C=O) groups excluding carboxylic acids is 1. The summed E-state index contributed by atoms with van der Waals surface area (Å²) in [7, 11) is 0. The van der Waals surface area contributed by atoms with Crippen LogP contribution in [0.15, 0.2) is 24.3 Å². The van der Waals surface area contributed by atoms with E-state index >= 15 is 0 Å². The van der Waals surface area contributed by atoms with Gasteiger partial charge in [-0.1, -0.05) is 76.8 Å². The van der Waals surface area contributed by atoms with Crippen LogP contribution in [-0.2, 0) is 6.54 Å². The third-order valence-corrected chi connectivity index (χ3v) is 4.24. The Morgan fingerprint density at radius 2 is 1.57 bits per heavy atom. The van der Waals surface area contributed by atoms with Crippen LogP contribution in [0, 0.1) is 0 Å². The zero-order chi connectivity index (χ0) is 16.8. The van der Waals surface area contributed by atoms with Gasteiger partial charge in [0, 0.05) is 18.7 Å². The molecule has 23 heavy (non-hydrogen) atoms. The number of nitrogens with two attached hydrogens (primary N) is 1. The topological polar surface area (TPSA) is 55.1 Å². The van der Waals surface area contributed by atoms with Crippen molar-refractivity contribution in [1.29, 1.82) is 0 Å². The van der Waals surface area contributed by atoms with Crippen molar-refractivity contribution in [3.05, 3.63) is 35.4 Å².